The molecule has 1 aromatic carbocycles. The maximum absolute atomic E-state index is 12.0. The van der Waals surface area contributed by atoms with E-state index in [4.69, 9.17) is 5.73 Å². The zero-order valence-corrected chi connectivity index (χ0v) is 13.4. The first-order chi connectivity index (χ1) is 8.54. The Kier molecular flexibility index (Phi) is 4.63. The van der Waals surface area contributed by atoms with E-state index in [0.717, 1.165) is 10.7 Å². The second kappa shape index (κ2) is 5.50. The molecule has 1 aromatic rings. The summed E-state index contributed by atoms with van der Waals surface area (Å²) in [7, 11) is -3.25. The molecule has 0 aliphatic rings. The molecule has 3 N–H and O–H groups in total. The van der Waals surface area contributed by atoms with Gasteiger partial charge in [-0.05, 0) is 32.0 Å². The number of rotatable bonds is 4. The quantitative estimate of drug-likeness (QED) is 0.808. The lowest BCUT2D eigenvalue weighted by Gasteiger charge is -2.22. The Morgan fingerprint density at radius 1 is 1.42 bits per heavy atom. The van der Waals surface area contributed by atoms with Crippen LogP contribution in [0.3, 0.4) is 0 Å². The van der Waals surface area contributed by atoms with Crippen LogP contribution < -0.4 is 11.1 Å². The molecule has 5 nitrogen and oxygen atoms in total. The lowest BCUT2D eigenvalue weighted by molar-refractivity contribution is 0.0951. The molecular formula is C12H17BrN2O3S. The van der Waals surface area contributed by atoms with Crippen molar-refractivity contribution in [2.45, 2.75) is 18.6 Å². The van der Waals surface area contributed by atoms with Crippen molar-refractivity contribution < 1.29 is 13.2 Å². The molecule has 0 saturated carbocycles. The summed E-state index contributed by atoms with van der Waals surface area (Å²) in [6, 6.07) is 4.94. The molecule has 0 radical (unpaired) electrons. The monoisotopic (exact) mass is 348 g/mol. The van der Waals surface area contributed by atoms with Crippen LogP contribution in [0, 0.1) is 0 Å². The van der Waals surface area contributed by atoms with Gasteiger partial charge in [-0.15, -0.1) is 0 Å². The standard InChI is InChI=1S/C12H17BrN2O3S/c1-12(2,19(3,17)18)7-15-11(16)9-6-8(13)4-5-10(9)14/h4-6H,7,14H2,1-3H3,(H,15,16). The van der Waals surface area contributed by atoms with E-state index in [2.05, 4.69) is 21.2 Å². The highest BCUT2D eigenvalue weighted by Crippen LogP contribution is 2.19. The molecule has 1 rings (SSSR count). The number of carbonyl (C=O) groups excluding carboxylic acids is 1. The summed E-state index contributed by atoms with van der Waals surface area (Å²) in [5, 5.41) is 2.59. The number of benzene rings is 1. The van der Waals surface area contributed by atoms with Gasteiger partial charge in [0.05, 0.1) is 10.3 Å². The molecule has 0 spiro atoms. The fourth-order valence-corrected chi connectivity index (χ4v) is 1.94. The Hall–Kier alpha value is -1.08. The molecule has 0 atom stereocenters. The predicted octanol–water partition coefficient (Wildman–Crippen LogP) is 1.58. The number of hydrogen-bond acceptors (Lipinski definition) is 4. The van der Waals surface area contributed by atoms with Crippen LogP contribution in [0.1, 0.15) is 24.2 Å². The molecule has 7 heteroatoms. The van der Waals surface area contributed by atoms with Crippen molar-refractivity contribution in [3.05, 3.63) is 28.2 Å². The molecule has 0 aliphatic heterocycles. The third-order valence-electron chi connectivity index (χ3n) is 2.94. The van der Waals surface area contributed by atoms with Crippen LogP contribution in [-0.4, -0.2) is 31.9 Å². The van der Waals surface area contributed by atoms with Crippen molar-refractivity contribution in [1.82, 2.24) is 5.32 Å². The van der Waals surface area contributed by atoms with Gasteiger partial charge < -0.3 is 11.1 Å². The Morgan fingerprint density at radius 2 is 2.00 bits per heavy atom. The Bertz CT molecular complexity index is 597. The van der Waals surface area contributed by atoms with Crippen molar-refractivity contribution in [3.8, 4) is 0 Å². The topological polar surface area (TPSA) is 89.3 Å². The van der Waals surface area contributed by atoms with Gasteiger partial charge in [0, 0.05) is 23.0 Å². The van der Waals surface area contributed by atoms with Gasteiger partial charge in [-0.25, -0.2) is 8.42 Å². The Labute approximate surface area is 121 Å². The highest BCUT2D eigenvalue weighted by atomic mass is 79.9. The van der Waals surface area contributed by atoms with Crippen molar-refractivity contribution >= 4 is 37.4 Å². The number of sulfone groups is 1. The summed E-state index contributed by atoms with van der Waals surface area (Å²) in [5.74, 6) is -0.393. The van der Waals surface area contributed by atoms with Crippen LogP contribution in [0.2, 0.25) is 0 Å². The van der Waals surface area contributed by atoms with Crippen molar-refractivity contribution in [2.75, 3.05) is 18.5 Å². The van der Waals surface area contributed by atoms with E-state index in [0.29, 0.717) is 11.3 Å². The summed E-state index contributed by atoms with van der Waals surface area (Å²) in [6.45, 7) is 3.15. The number of hydrogen-bond donors (Lipinski definition) is 2. The van der Waals surface area contributed by atoms with Gasteiger partial charge in [-0.2, -0.15) is 0 Å². The first-order valence-corrected chi connectivity index (χ1v) is 8.26. The number of carbonyl (C=O) groups is 1. The Morgan fingerprint density at radius 3 is 2.53 bits per heavy atom. The van der Waals surface area contributed by atoms with Gasteiger partial charge in [0.2, 0.25) is 0 Å². The van der Waals surface area contributed by atoms with Crippen LogP contribution in [0.5, 0.6) is 0 Å². The zero-order chi connectivity index (χ0) is 14.8. The van der Waals surface area contributed by atoms with E-state index in [1.165, 1.54) is 0 Å². The van der Waals surface area contributed by atoms with Gasteiger partial charge in [-0.3, -0.25) is 4.79 Å². The molecule has 1 amide bonds. The first kappa shape index (κ1) is 16.0. The molecule has 0 aliphatic carbocycles. The van der Waals surface area contributed by atoms with Crippen LogP contribution in [0.25, 0.3) is 0 Å². The molecule has 0 fully saturated rings. The number of anilines is 1. The van der Waals surface area contributed by atoms with E-state index in [9.17, 15) is 13.2 Å². The predicted molar refractivity (Wildman–Crippen MR) is 79.8 cm³/mol. The number of nitrogen functional groups attached to an aromatic ring is 1. The van der Waals surface area contributed by atoms with Gasteiger partial charge >= 0.3 is 0 Å². The summed E-state index contributed by atoms with van der Waals surface area (Å²) in [6.07, 6.45) is 1.15. The van der Waals surface area contributed by atoms with Gasteiger partial charge in [0.25, 0.3) is 5.91 Å². The maximum atomic E-state index is 12.0. The summed E-state index contributed by atoms with van der Waals surface area (Å²) >= 11 is 3.26. The van der Waals surface area contributed by atoms with E-state index in [-0.39, 0.29) is 6.54 Å². The van der Waals surface area contributed by atoms with Crippen molar-refractivity contribution in [1.29, 1.82) is 0 Å². The highest BCUT2D eigenvalue weighted by Gasteiger charge is 2.30. The minimum absolute atomic E-state index is 0.0244. The maximum Gasteiger partial charge on any atom is 0.253 e. The number of nitrogens with one attached hydrogen (secondary N) is 1. The minimum Gasteiger partial charge on any atom is -0.398 e. The highest BCUT2D eigenvalue weighted by molar-refractivity contribution is 9.10. The van der Waals surface area contributed by atoms with E-state index in [1.54, 1.807) is 32.0 Å². The minimum atomic E-state index is -3.25. The average molecular weight is 349 g/mol. The second-order valence-electron chi connectivity index (χ2n) is 4.95. The fourth-order valence-electron chi connectivity index (χ4n) is 1.24. The largest absolute Gasteiger partial charge is 0.398 e. The molecule has 0 saturated heterocycles. The Balaban J connectivity index is 2.85. The lowest BCUT2D eigenvalue weighted by atomic mass is 10.1. The molecule has 0 unspecified atom stereocenters. The first-order valence-electron chi connectivity index (χ1n) is 5.57. The van der Waals surface area contributed by atoms with Crippen molar-refractivity contribution in [2.24, 2.45) is 0 Å². The van der Waals surface area contributed by atoms with Gasteiger partial charge in [0.15, 0.2) is 9.84 Å². The second-order valence-corrected chi connectivity index (χ2v) is 8.51. The van der Waals surface area contributed by atoms with E-state index in [1.807, 2.05) is 0 Å². The van der Waals surface area contributed by atoms with Gasteiger partial charge in [0.1, 0.15) is 0 Å². The molecule has 19 heavy (non-hydrogen) atoms. The average Bonchev–Trinajstić information content (AvgIpc) is 2.28. The zero-order valence-electron chi connectivity index (χ0n) is 11.0. The molecule has 106 valence electrons. The van der Waals surface area contributed by atoms with Crippen LogP contribution in [0.4, 0.5) is 5.69 Å². The third kappa shape index (κ3) is 3.94. The lowest BCUT2D eigenvalue weighted by Crippen LogP contribution is -2.43. The fraction of sp³-hybridized carbons (Fsp3) is 0.417. The van der Waals surface area contributed by atoms with Crippen LogP contribution in [0.15, 0.2) is 22.7 Å². The van der Waals surface area contributed by atoms with Gasteiger partial charge in [-0.1, -0.05) is 15.9 Å². The normalized spacial score (nSPS) is 12.2. The number of halogens is 1. The van der Waals surface area contributed by atoms with Crippen molar-refractivity contribution in [3.63, 3.8) is 0 Å². The smallest absolute Gasteiger partial charge is 0.253 e. The summed E-state index contributed by atoms with van der Waals surface area (Å²) in [5.41, 5.74) is 6.38. The molecule has 0 aromatic heterocycles. The molecule has 0 heterocycles. The SMILES string of the molecule is CC(C)(CNC(=O)c1cc(Br)ccc1N)S(C)(=O)=O. The molecule has 0 bridgehead atoms. The number of amides is 1. The summed E-state index contributed by atoms with van der Waals surface area (Å²) < 4.78 is 22.8. The van der Waals surface area contributed by atoms with Crippen LogP contribution in [-0.2, 0) is 9.84 Å². The van der Waals surface area contributed by atoms with E-state index < -0.39 is 20.5 Å². The summed E-state index contributed by atoms with van der Waals surface area (Å²) in [4.78, 5) is 12.0. The van der Waals surface area contributed by atoms with E-state index >= 15 is 0 Å². The molecular weight excluding hydrogens is 332 g/mol. The third-order valence-corrected chi connectivity index (χ3v) is 5.58. The number of nitrogens with two attached hydrogens (primary N) is 1. The van der Waals surface area contributed by atoms with Crippen LogP contribution >= 0.6 is 15.9 Å².